The van der Waals surface area contributed by atoms with E-state index in [-0.39, 0.29) is 6.10 Å². The van der Waals surface area contributed by atoms with Gasteiger partial charge in [-0.2, -0.15) is 0 Å². The second-order valence-corrected chi connectivity index (χ2v) is 2.28. The second kappa shape index (κ2) is 6.55. The molecule has 1 N–H and O–H groups in total. The first-order valence-corrected chi connectivity index (χ1v) is 4.22. The van der Waals surface area contributed by atoms with Crippen LogP contribution in [0.3, 0.4) is 0 Å². The first-order valence-electron chi connectivity index (χ1n) is 4.22. The van der Waals surface area contributed by atoms with Crippen molar-refractivity contribution in [1.82, 2.24) is 5.32 Å². The fourth-order valence-corrected chi connectivity index (χ4v) is 1.06. The molecule has 0 bridgehead atoms. The van der Waals surface area contributed by atoms with Gasteiger partial charge in [-0.05, 0) is 13.0 Å². The first kappa shape index (κ1) is 10.8. The molecule has 0 aromatic rings. The van der Waals surface area contributed by atoms with Gasteiger partial charge in [-0.1, -0.05) is 13.8 Å². The smallest absolute Gasteiger partial charge is 0.139 e. The van der Waals surface area contributed by atoms with Gasteiger partial charge < -0.3 is 10.1 Å². The van der Waals surface area contributed by atoms with Gasteiger partial charge in [0, 0.05) is 13.7 Å². The van der Waals surface area contributed by atoms with E-state index >= 15 is 0 Å². The molecule has 0 amide bonds. The van der Waals surface area contributed by atoms with E-state index in [2.05, 4.69) is 5.32 Å². The lowest BCUT2D eigenvalue weighted by Crippen LogP contribution is -2.42. The molecule has 68 valence electrons. The molecule has 0 aromatic carbocycles. The molecular weight excluding hydrogens is 145 g/mol. The molecule has 1 aliphatic heterocycles. The Morgan fingerprint density at radius 1 is 1.45 bits per heavy atom. The molecule has 0 saturated carbocycles. The van der Waals surface area contributed by atoms with Crippen LogP contribution in [0.4, 0.5) is 4.39 Å². The number of alkyl halides is 1. The monoisotopic (exact) mass is 163 g/mol. The highest BCUT2D eigenvalue weighted by molar-refractivity contribution is 4.77. The molecule has 1 fully saturated rings. The van der Waals surface area contributed by atoms with Crippen molar-refractivity contribution < 1.29 is 9.13 Å². The van der Waals surface area contributed by atoms with Crippen LogP contribution in [0.1, 0.15) is 20.3 Å². The number of methoxy groups -OCH3 is 1. The Hall–Kier alpha value is -0.150. The van der Waals surface area contributed by atoms with Gasteiger partial charge in [0.05, 0.1) is 6.10 Å². The van der Waals surface area contributed by atoms with E-state index in [1.165, 1.54) is 0 Å². The number of hydrogen-bond acceptors (Lipinski definition) is 2. The third-order valence-electron chi connectivity index (χ3n) is 1.65. The Balaban J connectivity index is 0.000000461. The zero-order chi connectivity index (χ0) is 8.69. The Labute approximate surface area is 68.1 Å². The quantitative estimate of drug-likeness (QED) is 0.630. The van der Waals surface area contributed by atoms with Gasteiger partial charge in [0.2, 0.25) is 0 Å². The van der Waals surface area contributed by atoms with Gasteiger partial charge in [-0.15, -0.1) is 0 Å². The summed E-state index contributed by atoms with van der Waals surface area (Å²) in [6, 6.07) is 0. The molecule has 3 heteroatoms. The Morgan fingerprint density at radius 2 is 2.09 bits per heavy atom. The zero-order valence-corrected chi connectivity index (χ0v) is 7.56. The van der Waals surface area contributed by atoms with E-state index in [4.69, 9.17) is 4.74 Å². The zero-order valence-electron chi connectivity index (χ0n) is 7.56. The molecule has 2 atom stereocenters. The van der Waals surface area contributed by atoms with Crippen LogP contribution in [0.25, 0.3) is 0 Å². The minimum Gasteiger partial charge on any atom is -0.378 e. The minimum absolute atomic E-state index is 0.175. The second-order valence-electron chi connectivity index (χ2n) is 2.28. The van der Waals surface area contributed by atoms with E-state index in [1.54, 1.807) is 7.11 Å². The van der Waals surface area contributed by atoms with Gasteiger partial charge in [-0.25, -0.2) is 4.39 Å². The number of halogens is 1. The van der Waals surface area contributed by atoms with Gasteiger partial charge in [0.15, 0.2) is 0 Å². The van der Waals surface area contributed by atoms with Crippen LogP contribution >= 0.6 is 0 Å². The Kier molecular flexibility index (Phi) is 6.46. The number of ether oxygens (including phenoxy) is 1. The molecule has 1 heterocycles. The average Bonchev–Trinajstić information content (AvgIpc) is 2.09. The van der Waals surface area contributed by atoms with Crippen LogP contribution in [0.5, 0.6) is 0 Å². The summed E-state index contributed by atoms with van der Waals surface area (Å²) >= 11 is 0. The molecule has 0 aliphatic carbocycles. The Morgan fingerprint density at radius 3 is 2.45 bits per heavy atom. The lowest BCUT2D eigenvalue weighted by atomic mass is 10.1. The van der Waals surface area contributed by atoms with Crippen molar-refractivity contribution >= 4 is 0 Å². The molecule has 0 aromatic heterocycles. The van der Waals surface area contributed by atoms with Gasteiger partial charge in [0.1, 0.15) is 6.17 Å². The third kappa shape index (κ3) is 3.68. The van der Waals surface area contributed by atoms with Crippen molar-refractivity contribution in [2.24, 2.45) is 0 Å². The molecule has 0 spiro atoms. The van der Waals surface area contributed by atoms with Crippen LogP contribution in [0.15, 0.2) is 0 Å². The van der Waals surface area contributed by atoms with E-state index in [9.17, 15) is 4.39 Å². The lowest BCUT2D eigenvalue weighted by Gasteiger charge is -2.24. The molecular formula is C8H18FNO. The van der Waals surface area contributed by atoms with Crippen LogP contribution in [-0.2, 0) is 4.74 Å². The number of nitrogens with one attached hydrogen (secondary N) is 1. The summed E-state index contributed by atoms with van der Waals surface area (Å²) in [5, 5.41) is 2.94. The first-order chi connectivity index (χ1) is 5.34. The van der Waals surface area contributed by atoms with E-state index < -0.39 is 6.17 Å². The van der Waals surface area contributed by atoms with Crippen molar-refractivity contribution in [3.05, 3.63) is 0 Å². The van der Waals surface area contributed by atoms with Crippen LogP contribution < -0.4 is 5.32 Å². The van der Waals surface area contributed by atoms with E-state index in [0.717, 1.165) is 13.0 Å². The van der Waals surface area contributed by atoms with Crippen LogP contribution in [0, 0.1) is 0 Å². The fraction of sp³-hybridized carbons (Fsp3) is 1.00. The highest BCUT2D eigenvalue weighted by atomic mass is 19.1. The average molecular weight is 163 g/mol. The molecule has 11 heavy (non-hydrogen) atoms. The fourth-order valence-electron chi connectivity index (χ4n) is 1.06. The van der Waals surface area contributed by atoms with Crippen molar-refractivity contribution in [1.29, 1.82) is 0 Å². The van der Waals surface area contributed by atoms with Crippen molar-refractivity contribution in [3.8, 4) is 0 Å². The summed E-state index contributed by atoms with van der Waals surface area (Å²) in [4.78, 5) is 0. The predicted molar refractivity (Wildman–Crippen MR) is 44.5 cm³/mol. The van der Waals surface area contributed by atoms with E-state index in [0.29, 0.717) is 6.54 Å². The summed E-state index contributed by atoms with van der Waals surface area (Å²) in [5.41, 5.74) is 0. The standard InChI is InChI=1S/C6H12FNO.C2H6/c1-9-6-2-3-8-4-5(6)7;1-2/h5-6,8H,2-4H2,1H3;1-2H3. The maximum Gasteiger partial charge on any atom is 0.139 e. The highest BCUT2D eigenvalue weighted by Gasteiger charge is 2.23. The maximum atomic E-state index is 12.7. The Bertz CT molecular complexity index is 90.2. The van der Waals surface area contributed by atoms with Crippen molar-refractivity contribution in [2.45, 2.75) is 32.5 Å². The van der Waals surface area contributed by atoms with Gasteiger partial charge in [-0.3, -0.25) is 0 Å². The summed E-state index contributed by atoms with van der Waals surface area (Å²) in [5.74, 6) is 0. The van der Waals surface area contributed by atoms with Crippen molar-refractivity contribution in [2.75, 3.05) is 20.2 Å². The van der Waals surface area contributed by atoms with Crippen molar-refractivity contribution in [3.63, 3.8) is 0 Å². The molecule has 1 saturated heterocycles. The number of rotatable bonds is 1. The van der Waals surface area contributed by atoms with Crippen LogP contribution in [-0.4, -0.2) is 32.5 Å². The molecule has 2 nitrogen and oxygen atoms in total. The summed E-state index contributed by atoms with van der Waals surface area (Å²) in [6.45, 7) is 5.32. The van der Waals surface area contributed by atoms with Gasteiger partial charge >= 0.3 is 0 Å². The highest BCUT2D eigenvalue weighted by Crippen LogP contribution is 2.09. The number of hydrogen-bond donors (Lipinski definition) is 1. The summed E-state index contributed by atoms with van der Waals surface area (Å²) in [7, 11) is 1.56. The topological polar surface area (TPSA) is 21.3 Å². The lowest BCUT2D eigenvalue weighted by molar-refractivity contribution is 0.0132. The summed E-state index contributed by atoms with van der Waals surface area (Å²) < 4.78 is 17.5. The predicted octanol–water partition coefficient (Wildman–Crippen LogP) is 1.36. The van der Waals surface area contributed by atoms with Crippen LogP contribution in [0.2, 0.25) is 0 Å². The SMILES string of the molecule is CC.COC1CCNCC1F. The molecule has 1 aliphatic rings. The normalized spacial score (nSPS) is 30.5. The minimum atomic E-state index is -0.816. The molecule has 2 unspecified atom stereocenters. The third-order valence-corrected chi connectivity index (χ3v) is 1.65. The molecule has 1 rings (SSSR count). The molecule has 0 radical (unpaired) electrons. The van der Waals surface area contributed by atoms with Gasteiger partial charge in [0.25, 0.3) is 0 Å². The largest absolute Gasteiger partial charge is 0.378 e. The number of piperidine rings is 1. The van der Waals surface area contributed by atoms with E-state index in [1.807, 2.05) is 13.8 Å². The maximum absolute atomic E-state index is 12.7. The summed E-state index contributed by atoms with van der Waals surface area (Å²) in [6.07, 6.45) is -0.201.